The first-order valence-corrected chi connectivity index (χ1v) is 10.5. The Morgan fingerprint density at radius 2 is 1.73 bits per heavy atom. The van der Waals surface area contributed by atoms with Crippen LogP contribution in [0.25, 0.3) is 6.08 Å². The fourth-order valence-corrected chi connectivity index (χ4v) is 3.26. The summed E-state index contributed by atoms with van der Waals surface area (Å²) in [6, 6.07) is 17.5. The van der Waals surface area contributed by atoms with Gasteiger partial charge in [-0.05, 0) is 60.2 Å². The van der Waals surface area contributed by atoms with E-state index in [0.717, 1.165) is 0 Å². The first kappa shape index (κ1) is 24.1. The fourth-order valence-electron chi connectivity index (χ4n) is 2.68. The third kappa shape index (κ3) is 6.05. The minimum Gasteiger partial charge on any atom is -0.497 e. The van der Waals surface area contributed by atoms with E-state index in [-0.39, 0.29) is 32.1 Å². The van der Waals surface area contributed by atoms with Crippen molar-refractivity contribution in [1.82, 2.24) is 0 Å². The van der Waals surface area contributed by atoms with Gasteiger partial charge in [-0.2, -0.15) is 5.26 Å². The highest BCUT2D eigenvalue weighted by atomic mass is 35.5. The largest absolute Gasteiger partial charge is 0.497 e. The van der Waals surface area contributed by atoms with Gasteiger partial charge in [-0.25, -0.2) is 4.79 Å². The lowest BCUT2D eigenvalue weighted by Crippen LogP contribution is -2.13. The number of nitrogens with one attached hydrogen (secondary N) is 1. The number of hydrogen-bond acceptors (Lipinski definition) is 5. The van der Waals surface area contributed by atoms with Crippen LogP contribution in [-0.4, -0.2) is 19.0 Å². The number of nitrogens with zero attached hydrogens (tertiary/aromatic N) is 1. The number of halogens is 3. The topological polar surface area (TPSA) is 88.4 Å². The second kappa shape index (κ2) is 10.9. The third-order valence-electron chi connectivity index (χ3n) is 4.36. The van der Waals surface area contributed by atoms with Gasteiger partial charge in [0.1, 0.15) is 23.1 Å². The predicted octanol–water partition coefficient (Wildman–Crippen LogP) is 6.42. The summed E-state index contributed by atoms with van der Waals surface area (Å²) in [5.41, 5.74) is 0.853. The Hall–Kier alpha value is -3.50. The molecule has 3 aromatic carbocycles. The summed E-state index contributed by atoms with van der Waals surface area (Å²) in [4.78, 5) is 24.8. The number of methoxy groups -OCH3 is 1. The van der Waals surface area contributed by atoms with E-state index in [9.17, 15) is 14.9 Å². The molecule has 1 N–H and O–H groups in total. The summed E-state index contributed by atoms with van der Waals surface area (Å²) in [5, 5.41) is 12.5. The van der Waals surface area contributed by atoms with Crippen molar-refractivity contribution in [3.05, 3.63) is 92.4 Å². The number of hydrogen-bond donors (Lipinski definition) is 1. The number of nitriles is 1. The zero-order chi connectivity index (χ0) is 24.0. The Morgan fingerprint density at radius 1 is 1.00 bits per heavy atom. The third-order valence-corrected chi connectivity index (χ3v) is 5.47. The number of rotatable bonds is 6. The molecule has 166 valence electrons. The molecule has 0 saturated carbocycles. The Kier molecular flexibility index (Phi) is 7.96. The van der Waals surface area contributed by atoms with Gasteiger partial charge in [0.15, 0.2) is 0 Å². The molecule has 0 radical (unpaired) electrons. The molecular weight excluding hydrogens is 487 g/mol. The van der Waals surface area contributed by atoms with Crippen molar-refractivity contribution in [3.8, 4) is 17.6 Å². The fraction of sp³-hybridized carbons (Fsp3) is 0.0417. The van der Waals surface area contributed by atoms with Crippen LogP contribution in [0.1, 0.15) is 15.9 Å². The van der Waals surface area contributed by atoms with Crippen molar-refractivity contribution in [2.45, 2.75) is 0 Å². The van der Waals surface area contributed by atoms with Gasteiger partial charge in [0, 0.05) is 0 Å². The zero-order valence-corrected chi connectivity index (χ0v) is 19.3. The number of amides is 1. The summed E-state index contributed by atoms with van der Waals surface area (Å²) in [6.07, 6.45) is 1.34. The molecule has 0 unspecified atom stereocenters. The van der Waals surface area contributed by atoms with E-state index >= 15 is 0 Å². The summed E-state index contributed by atoms with van der Waals surface area (Å²) in [5.74, 6) is -0.537. The molecule has 1 amide bonds. The van der Waals surface area contributed by atoms with E-state index in [1.165, 1.54) is 25.3 Å². The maximum absolute atomic E-state index is 12.5. The van der Waals surface area contributed by atoms with Crippen molar-refractivity contribution < 1.29 is 19.1 Å². The lowest BCUT2D eigenvalue weighted by atomic mass is 10.1. The average Bonchev–Trinajstić information content (AvgIpc) is 2.82. The standard InChI is InChI=1S/C24H15Cl3N2O4/c1-32-17-8-6-15(7-9-17)24(31)33-21-10-5-14(12-19(21)26)11-16(13-28)23(30)29-20-4-2-3-18(25)22(20)27/h2-12H,1H3,(H,29,30)/b16-11+. The minimum atomic E-state index is -0.673. The Bertz CT molecular complexity index is 1280. The average molecular weight is 502 g/mol. The monoisotopic (exact) mass is 500 g/mol. The number of carbonyl (C=O) groups is 2. The van der Waals surface area contributed by atoms with Crippen molar-refractivity contribution in [1.29, 1.82) is 5.26 Å². The van der Waals surface area contributed by atoms with Crippen LogP contribution >= 0.6 is 34.8 Å². The van der Waals surface area contributed by atoms with Crippen molar-refractivity contribution in [2.75, 3.05) is 12.4 Å². The SMILES string of the molecule is COc1ccc(C(=O)Oc2ccc(/C=C(\C#N)C(=O)Nc3cccc(Cl)c3Cl)cc2Cl)cc1. The van der Waals surface area contributed by atoms with Crippen LogP contribution in [0.2, 0.25) is 15.1 Å². The van der Waals surface area contributed by atoms with Crippen LogP contribution in [0.3, 0.4) is 0 Å². The Labute approximate surface area is 204 Å². The van der Waals surface area contributed by atoms with Crippen molar-refractivity contribution in [2.24, 2.45) is 0 Å². The molecule has 6 nitrogen and oxygen atoms in total. The number of ether oxygens (including phenoxy) is 2. The summed E-state index contributed by atoms with van der Waals surface area (Å²) in [7, 11) is 1.52. The Morgan fingerprint density at radius 3 is 2.36 bits per heavy atom. The maximum atomic E-state index is 12.5. The molecule has 3 aromatic rings. The highest BCUT2D eigenvalue weighted by Crippen LogP contribution is 2.30. The number of carbonyl (C=O) groups excluding carboxylic acids is 2. The second-order valence-electron chi connectivity index (χ2n) is 6.53. The molecule has 0 aliphatic carbocycles. The van der Waals surface area contributed by atoms with Crippen LogP contribution < -0.4 is 14.8 Å². The van der Waals surface area contributed by atoms with E-state index in [1.54, 1.807) is 48.5 Å². The van der Waals surface area contributed by atoms with E-state index < -0.39 is 11.9 Å². The zero-order valence-electron chi connectivity index (χ0n) is 17.1. The Balaban J connectivity index is 1.75. The van der Waals surface area contributed by atoms with Crippen molar-refractivity contribution >= 4 is 58.4 Å². The van der Waals surface area contributed by atoms with Crippen LogP contribution in [0.5, 0.6) is 11.5 Å². The van der Waals surface area contributed by atoms with Crippen LogP contribution in [0.4, 0.5) is 5.69 Å². The number of esters is 1. The molecule has 9 heteroatoms. The van der Waals surface area contributed by atoms with E-state index in [4.69, 9.17) is 44.3 Å². The first-order valence-electron chi connectivity index (χ1n) is 9.35. The van der Waals surface area contributed by atoms with Gasteiger partial charge in [-0.1, -0.05) is 46.9 Å². The normalized spacial score (nSPS) is 10.8. The highest BCUT2D eigenvalue weighted by Gasteiger charge is 2.15. The molecule has 0 heterocycles. The molecule has 33 heavy (non-hydrogen) atoms. The quantitative estimate of drug-likeness (QED) is 0.182. The highest BCUT2D eigenvalue weighted by molar-refractivity contribution is 6.44. The van der Waals surface area contributed by atoms with Gasteiger partial charge in [0.2, 0.25) is 0 Å². The van der Waals surface area contributed by atoms with Gasteiger partial charge in [-0.15, -0.1) is 0 Å². The van der Waals surface area contributed by atoms with Gasteiger partial charge in [0.25, 0.3) is 5.91 Å². The van der Waals surface area contributed by atoms with E-state index in [0.29, 0.717) is 16.9 Å². The molecule has 0 aliphatic rings. The molecule has 0 fully saturated rings. The lowest BCUT2D eigenvalue weighted by molar-refractivity contribution is -0.112. The molecule has 3 rings (SSSR count). The first-order chi connectivity index (χ1) is 15.8. The van der Waals surface area contributed by atoms with E-state index in [2.05, 4.69) is 5.32 Å². The predicted molar refractivity (Wildman–Crippen MR) is 128 cm³/mol. The molecule has 0 aliphatic heterocycles. The van der Waals surface area contributed by atoms with Gasteiger partial charge in [-0.3, -0.25) is 4.79 Å². The summed E-state index contributed by atoms with van der Waals surface area (Å²) >= 11 is 18.3. The smallest absolute Gasteiger partial charge is 0.343 e. The number of anilines is 1. The second-order valence-corrected chi connectivity index (χ2v) is 7.73. The van der Waals surface area contributed by atoms with Crippen molar-refractivity contribution in [3.63, 3.8) is 0 Å². The van der Waals surface area contributed by atoms with Crippen LogP contribution in [0, 0.1) is 11.3 Å². The van der Waals surface area contributed by atoms with Gasteiger partial charge >= 0.3 is 5.97 Å². The lowest BCUT2D eigenvalue weighted by Gasteiger charge is -2.09. The summed E-state index contributed by atoms with van der Waals surface area (Å²) < 4.78 is 10.4. The van der Waals surface area contributed by atoms with Crippen LogP contribution in [0.15, 0.2) is 66.2 Å². The van der Waals surface area contributed by atoms with Gasteiger partial charge < -0.3 is 14.8 Å². The van der Waals surface area contributed by atoms with Crippen LogP contribution in [-0.2, 0) is 4.79 Å². The molecule has 0 bridgehead atoms. The molecule has 0 atom stereocenters. The summed E-state index contributed by atoms with van der Waals surface area (Å²) in [6.45, 7) is 0. The molecule has 0 aromatic heterocycles. The molecular formula is C24H15Cl3N2O4. The molecule has 0 saturated heterocycles. The number of benzene rings is 3. The molecule has 0 spiro atoms. The minimum absolute atomic E-state index is 0.126. The van der Waals surface area contributed by atoms with E-state index in [1.807, 2.05) is 6.07 Å². The maximum Gasteiger partial charge on any atom is 0.343 e. The van der Waals surface area contributed by atoms with Gasteiger partial charge in [0.05, 0.1) is 33.4 Å².